The second-order valence-electron chi connectivity index (χ2n) is 10.3. The quantitative estimate of drug-likeness (QED) is 0.386. The molecule has 0 aliphatic carbocycles. The fourth-order valence-electron chi connectivity index (χ4n) is 5.43. The first-order valence-electron chi connectivity index (χ1n) is 12.5. The van der Waals surface area contributed by atoms with Crippen molar-refractivity contribution in [2.45, 2.75) is 64.8 Å². The number of rotatable bonds is 10. The summed E-state index contributed by atoms with van der Waals surface area (Å²) in [6.07, 6.45) is 4.43. The van der Waals surface area contributed by atoms with Gasteiger partial charge in [-0.05, 0) is 55.4 Å². The van der Waals surface area contributed by atoms with Crippen molar-refractivity contribution in [2.24, 2.45) is 5.92 Å². The smallest absolute Gasteiger partial charge is 0.0345 e. The van der Waals surface area contributed by atoms with Crippen LogP contribution in [-0.2, 0) is 11.8 Å². The molecule has 0 unspecified atom stereocenters. The van der Waals surface area contributed by atoms with Gasteiger partial charge >= 0.3 is 0 Å². The molecule has 1 aliphatic heterocycles. The van der Waals surface area contributed by atoms with Gasteiger partial charge in [0.25, 0.3) is 0 Å². The fourth-order valence-corrected chi connectivity index (χ4v) is 7.41. The van der Waals surface area contributed by atoms with Gasteiger partial charge in [0.2, 0.25) is 0 Å². The zero-order valence-corrected chi connectivity index (χ0v) is 22.1. The fraction of sp³-hybridized carbons (Fsp3) is 0.467. The van der Waals surface area contributed by atoms with Crippen molar-refractivity contribution in [2.75, 3.05) is 18.8 Å². The van der Waals surface area contributed by atoms with Gasteiger partial charge in [0.05, 0.1) is 0 Å². The van der Waals surface area contributed by atoms with Crippen molar-refractivity contribution in [1.82, 2.24) is 9.62 Å². The van der Waals surface area contributed by atoms with Gasteiger partial charge in [-0.2, -0.15) is 9.39 Å². The Hall–Kier alpha value is -1.97. The third kappa shape index (κ3) is 5.94. The topological polar surface area (TPSA) is 15.3 Å². The van der Waals surface area contributed by atoms with E-state index in [1.807, 2.05) is 0 Å². The van der Waals surface area contributed by atoms with Crippen LogP contribution in [0.25, 0.3) is 5.70 Å². The first-order chi connectivity index (χ1) is 15.7. The van der Waals surface area contributed by atoms with E-state index in [1.165, 1.54) is 16.7 Å². The summed E-state index contributed by atoms with van der Waals surface area (Å²) >= 11 is 0. The Morgan fingerprint density at radius 2 is 1.61 bits per heavy atom. The number of hydrogen-bond acceptors (Lipinski definition) is 2. The highest BCUT2D eigenvalue weighted by Crippen LogP contribution is 2.43. The maximum Gasteiger partial charge on any atom is 0.0345 e. The van der Waals surface area contributed by atoms with Crippen LogP contribution < -0.4 is 5.32 Å². The normalized spacial score (nSPS) is 17.6. The van der Waals surface area contributed by atoms with Crippen molar-refractivity contribution < 1.29 is 0 Å². The number of piperidine rings is 1. The van der Waals surface area contributed by atoms with E-state index < -0.39 is 9.39 Å². The lowest BCUT2D eigenvalue weighted by atomic mass is 9.68. The standard InChI is InChI=1S/C30H44N2S/c1-8-22-33(6,7)32-20-18-30(19-21-32,28-15-10-9-11-16-28)26(5)31-25(4)29-17-13-12-14-27(29)23-24(2)3/h9-17,24,26,31H,4,6-8,18-23H2,1-3,5H3/t26-/m0/s1. The summed E-state index contributed by atoms with van der Waals surface area (Å²) in [5.41, 5.74) is 5.16. The minimum atomic E-state index is -1.18. The van der Waals surface area contributed by atoms with Gasteiger partial charge in [-0.25, -0.2) is 0 Å². The Morgan fingerprint density at radius 1 is 1.00 bits per heavy atom. The lowest BCUT2D eigenvalue weighted by Gasteiger charge is -2.48. The number of benzene rings is 2. The van der Waals surface area contributed by atoms with Crippen LogP contribution in [0.2, 0.25) is 0 Å². The Bertz CT molecular complexity index is 1010. The zero-order chi connectivity index (χ0) is 24.1. The predicted molar refractivity (Wildman–Crippen MR) is 153 cm³/mol. The number of hydrogen-bond donors (Lipinski definition) is 1. The molecule has 33 heavy (non-hydrogen) atoms. The summed E-state index contributed by atoms with van der Waals surface area (Å²) < 4.78 is 2.58. The number of nitrogens with one attached hydrogen (secondary N) is 1. The van der Waals surface area contributed by atoms with Crippen LogP contribution in [0.1, 0.15) is 63.6 Å². The average Bonchev–Trinajstić information content (AvgIpc) is 2.79. The zero-order valence-electron chi connectivity index (χ0n) is 21.3. The maximum atomic E-state index is 4.54. The molecule has 0 saturated carbocycles. The van der Waals surface area contributed by atoms with Gasteiger partial charge in [0, 0.05) is 35.8 Å². The molecular weight excluding hydrogens is 420 g/mol. The van der Waals surface area contributed by atoms with E-state index in [0.29, 0.717) is 5.92 Å². The maximum absolute atomic E-state index is 4.54. The first-order valence-corrected chi connectivity index (χ1v) is 14.6. The Labute approximate surface area is 203 Å². The van der Waals surface area contributed by atoms with Gasteiger partial charge < -0.3 is 5.32 Å². The highest BCUT2D eigenvalue weighted by Gasteiger charge is 2.41. The molecule has 0 spiro atoms. The summed E-state index contributed by atoms with van der Waals surface area (Å²) in [5, 5.41) is 3.86. The van der Waals surface area contributed by atoms with Gasteiger partial charge in [-0.1, -0.05) is 93.7 Å². The number of nitrogens with zero attached hydrogens (tertiary/aromatic N) is 1. The Morgan fingerprint density at radius 3 is 2.21 bits per heavy atom. The average molecular weight is 465 g/mol. The van der Waals surface area contributed by atoms with Crippen LogP contribution in [-0.4, -0.2) is 40.9 Å². The molecular formula is C30H44N2S. The van der Waals surface area contributed by atoms with Gasteiger partial charge in [-0.3, -0.25) is 4.31 Å². The molecule has 180 valence electrons. The van der Waals surface area contributed by atoms with Crippen LogP contribution in [0.15, 0.2) is 61.2 Å². The lowest BCUT2D eigenvalue weighted by molar-refractivity contribution is 0.203. The van der Waals surface area contributed by atoms with Crippen molar-refractivity contribution in [3.05, 3.63) is 77.9 Å². The van der Waals surface area contributed by atoms with E-state index in [4.69, 9.17) is 0 Å². The van der Waals surface area contributed by atoms with Crippen LogP contribution in [0.5, 0.6) is 0 Å². The molecule has 0 amide bonds. The second kappa shape index (κ2) is 11.0. The summed E-state index contributed by atoms with van der Waals surface area (Å²) in [6, 6.07) is 20.1. The summed E-state index contributed by atoms with van der Waals surface area (Å²) in [7, 11) is -1.18. The third-order valence-corrected chi connectivity index (χ3v) is 9.91. The minimum Gasteiger partial charge on any atom is -0.382 e. The Balaban J connectivity index is 1.86. The molecule has 1 fully saturated rings. The molecule has 0 aromatic heterocycles. The third-order valence-electron chi connectivity index (χ3n) is 7.29. The van der Waals surface area contributed by atoms with Crippen molar-refractivity contribution in [3.8, 4) is 0 Å². The second-order valence-corrected chi connectivity index (χ2v) is 13.2. The predicted octanol–water partition coefficient (Wildman–Crippen LogP) is 6.86. The van der Waals surface area contributed by atoms with Crippen LogP contribution in [0, 0.1) is 5.92 Å². The van der Waals surface area contributed by atoms with E-state index in [0.717, 1.165) is 50.2 Å². The molecule has 0 radical (unpaired) electrons. The highest BCUT2D eigenvalue weighted by atomic mass is 32.2. The van der Waals surface area contributed by atoms with Gasteiger partial charge in [0.15, 0.2) is 0 Å². The summed E-state index contributed by atoms with van der Waals surface area (Å²) in [4.78, 5) is 0. The van der Waals surface area contributed by atoms with E-state index in [-0.39, 0.29) is 11.5 Å². The molecule has 2 aromatic carbocycles. The monoisotopic (exact) mass is 464 g/mol. The molecule has 0 bridgehead atoms. The summed E-state index contributed by atoms with van der Waals surface area (Å²) in [5.74, 6) is 10.8. The lowest BCUT2D eigenvalue weighted by Crippen LogP contribution is -2.52. The molecule has 1 heterocycles. The molecule has 3 heteroatoms. The molecule has 3 rings (SSSR count). The van der Waals surface area contributed by atoms with Gasteiger partial charge in [-0.15, -0.1) is 0 Å². The first kappa shape index (κ1) is 25.6. The largest absolute Gasteiger partial charge is 0.382 e. The Kier molecular flexibility index (Phi) is 8.53. The van der Waals surface area contributed by atoms with E-state index >= 15 is 0 Å². The van der Waals surface area contributed by atoms with Crippen molar-refractivity contribution in [1.29, 1.82) is 0 Å². The van der Waals surface area contributed by atoms with E-state index in [9.17, 15) is 0 Å². The van der Waals surface area contributed by atoms with Gasteiger partial charge in [0.1, 0.15) is 0 Å². The van der Waals surface area contributed by atoms with Crippen LogP contribution >= 0.6 is 9.39 Å². The van der Waals surface area contributed by atoms with Crippen molar-refractivity contribution in [3.63, 3.8) is 0 Å². The molecule has 2 nitrogen and oxygen atoms in total. The van der Waals surface area contributed by atoms with E-state index in [1.54, 1.807) is 0 Å². The van der Waals surface area contributed by atoms with Crippen LogP contribution in [0.4, 0.5) is 0 Å². The highest BCUT2D eigenvalue weighted by molar-refractivity contribution is 8.25. The van der Waals surface area contributed by atoms with E-state index in [2.05, 4.69) is 110 Å². The molecule has 1 atom stereocenters. The SMILES string of the molecule is C=C(N[C@@H](C)C1(c2ccccc2)CCN(S(=C)(=C)CCC)CC1)c1ccccc1CC(C)C. The molecule has 1 saturated heterocycles. The molecule has 1 aliphatic rings. The summed E-state index contributed by atoms with van der Waals surface area (Å²) in [6.45, 7) is 15.7. The van der Waals surface area contributed by atoms with Crippen LogP contribution in [0.3, 0.4) is 0 Å². The minimum absolute atomic E-state index is 0.0649. The van der Waals surface area contributed by atoms with Crippen molar-refractivity contribution >= 4 is 26.8 Å². The molecule has 2 aromatic rings. The molecule has 1 N–H and O–H groups in total.